The van der Waals surface area contributed by atoms with Crippen molar-refractivity contribution in [2.24, 2.45) is 10.9 Å². The van der Waals surface area contributed by atoms with Gasteiger partial charge >= 0.3 is 0 Å². The van der Waals surface area contributed by atoms with Crippen LogP contribution in [0.5, 0.6) is 0 Å². The Labute approximate surface area is 134 Å². The topological polar surface area (TPSA) is 24.4 Å². The van der Waals surface area contributed by atoms with Gasteiger partial charge in [0, 0.05) is 11.4 Å². The lowest BCUT2D eigenvalue weighted by molar-refractivity contribution is 0.273. The maximum atomic E-state index is 6.04. The van der Waals surface area contributed by atoms with Gasteiger partial charge in [-0.15, -0.1) is 0 Å². The van der Waals surface area contributed by atoms with E-state index in [2.05, 4.69) is 12.2 Å². The summed E-state index contributed by atoms with van der Waals surface area (Å²) >= 11 is 13.8. The van der Waals surface area contributed by atoms with Crippen molar-refractivity contribution in [3.8, 4) is 0 Å². The van der Waals surface area contributed by atoms with Gasteiger partial charge in [0.05, 0.1) is 15.6 Å². The Balaban J connectivity index is 1.71. The molecule has 0 atom stereocenters. The first-order valence-corrected chi connectivity index (χ1v) is 8.75. The Morgan fingerprint density at radius 3 is 2.70 bits per heavy atom. The molecule has 2 nitrogen and oxygen atoms in total. The number of thioether (sulfide) groups is 1. The van der Waals surface area contributed by atoms with Crippen LogP contribution in [0, 0.1) is 5.92 Å². The van der Waals surface area contributed by atoms with Crippen molar-refractivity contribution in [3.63, 3.8) is 0 Å². The molecule has 2 aliphatic rings. The number of nitrogens with zero attached hydrogens (tertiary/aromatic N) is 1. The molecule has 0 radical (unpaired) electrons. The van der Waals surface area contributed by atoms with Crippen molar-refractivity contribution in [2.45, 2.75) is 38.1 Å². The highest BCUT2D eigenvalue weighted by Crippen LogP contribution is 2.41. The molecule has 1 heterocycles. The summed E-state index contributed by atoms with van der Waals surface area (Å²) < 4.78 is 0. The second-order valence-corrected chi connectivity index (χ2v) is 7.64. The van der Waals surface area contributed by atoms with Gasteiger partial charge in [-0.05, 0) is 49.8 Å². The van der Waals surface area contributed by atoms with Crippen LogP contribution in [-0.4, -0.2) is 16.5 Å². The predicted octanol–water partition coefficient (Wildman–Crippen LogP) is 5.46. The number of anilines is 1. The molecule has 1 saturated carbocycles. The monoisotopic (exact) mass is 328 g/mol. The van der Waals surface area contributed by atoms with Crippen molar-refractivity contribution in [2.75, 3.05) is 11.1 Å². The minimum atomic E-state index is 0.176. The van der Waals surface area contributed by atoms with Crippen molar-refractivity contribution in [1.29, 1.82) is 0 Å². The first kappa shape index (κ1) is 14.6. The smallest absolute Gasteiger partial charge is 0.161 e. The number of amidine groups is 1. The second kappa shape index (κ2) is 5.78. The van der Waals surface area contributed by atoms with E-state index in [-0.39, 0.29) is 5.54 Å². The van der Waals surface area contributed by atoms with E-state index in [4.69, 9.17) is 28.2 Å². The maximum absolute atomic E-state index is 6.04. The molecule has 0 bridgehead atoms. The van der Waals surface area contributed by atoms with Crippen LogP contribution in [0.1, 0.15) is 32.6 Å². The van der Waals surface area contributed by atoms with Crippen LogP contribution < -0.4 is 5.32 Å². The fraction of sp³-hybridized carbons (Fsp3) is 0.533. The molecule has 5 heteroatoms. The number of aliphatic imine (C=N–C) groups is 1. The zero-order valence-electron chi connectivity index (χ0n) is 11.5. The summed E-state index contributed by atoms with van der Waals surface area (Å²) in [6.45, 7) is 2.34. The van der Waals surface area contributed by atoms with E-state index < -0.39 is 0 Å². The molecule has 1 N–H and O–H groups in total. The SMILES string of the molecule is CC1CCC2(CC1)CSC(Nc1ccc(Cl)c(Cl)c1)=N2. The summed E-state index contributed by atoms with van der Waals surface area (Å²) in [6, 6.07) is 5.59. The molecule has 3 rings (SSSR count). The number of nitrogens with one attached hydrogen (secondary N) is 1. The molecule has 1 aromatic carbocycles. The molecule has 0 amide bonds. The maximum Gasteiger partial charge on any atom is 0.161 e. The first-order chi connectivity index (χ1) is 9.56. The molecule has 1 spiro atoms. The Morgan fingerprint density at radius 1 is 1.25 bits per heavy atom. The summed E-state index contributed by atoms with van der Waals surface area (Å²) in [5.41, 5.74) is 1.13. The molecule has 1 fully saturated rings. The first-order valence-electron chi connectivity index (χ1n) is 7.01. The highest BCUT2D eigenvalue weighted by Gasteiger charge is 2.38. The van der Waals surface area contributed by atoms with Crippen molar-refractivity contribution in [1.82, 2.24) is 0 Å². The minimum Gasteiger partial charge on any atom is -0.335 e. The van der Waals surface area contributed by atoms with E-state index >= 15 is 0 Å². The van der Waals surface area contributed by atoms with Crippen molar-refractivity contribution < 1.29 is 0 Å². The van der Waals surface area contributed by atoms with Gasteiger partial charge < -0.3 is 5.32 Å². The summed E-state index contributed by atoms with van der Waals surface area (Å²) in [7, 11) is 0. The quantitative estimate of drug-likeness (QED) is 0.740. The van der Waals surface area contributed by atoms with Crippen molar-refractivity contribution >= 4 is 45.8 Å². The van der Waals surface area contributed by atoms with Crippen LogP contribution in [0.3, 0.4) is 0 Å². The number of rotatable bonds is 1. The summed E-state index contributed by atoms with van der Waals surface area (Å²) in [4.78, 5) is 4.95. The van der Waals surface area contributed by atoms with Crippen LogP contribution in [0.25, 0.3) is 0 Å². The summed E-state index contributed by atoms with van der Waals surface area (Å²) in [5.74, 6) is 1.96. The van der Waals surface area contributed by atoms with Crippen LogP contribution in [-0.2, 0) is 0 Å². The highest BCUT2D eigenvalue weighted by atomic mass is 35.5. The number of halogens is 2. The van der Waals surface area contributed by atoms with E-state index in [1.54, 1.807) is 0 Å². The minimum absolute atomic E-state index is 0.176. The Bertz CT molecular complexity index is 537. The zero-order chi connectivity index (χ0) is 14.2. The molecular weight excluding hydrogens is 311 g/mol. The van der Waals surface area contributed by atoms with E-state index in [0.29, 0.717) is 10.0 Å². The standard InChI is InChI=1S/C15H18Cl2N2S/c1-10-4-6-15(7-5-10)9-20-14(19-15)18-11-2-3-12(16)13(17)8-11/h2-3,8,10H,4-7,9H2,1H3,(H,18,19). The predicted molar refractivity (Wildman–Crippen MR) is 90.3 cm³/mol. The third-order valence-electron chi connectivity index (χ3n) is 4.19. The molecule has 1 aromatic rings. The summed E-state index contributed by atoms with van der Waals surface area (Å²) in [5, 5.41) is 5.52. The van der Waals surface area contributed by atoms with Gasteiger partial charge in [-0.2, -0.15) is 0 Å². The molecular formula is C15H18Cl2N2S. The van der Waals surface area contributed by atoms with E-state index in [1.165, 1.54) is 25.7 Å². The second-order valence-electron chi connectivity index (χ2n) is 5.87. The average molecular weight is 329 g/mol. The largest absolute Gasteiger partial charge is 0.335 e. The third-order valence-corrected chi connectivity index (χ3v) is 6.08. The number of hydrogen-bond donors (Lipinski definition) is 1. The van der Waals surface area contributed by atoms with Crippen LogP contribution in [0.4, 0.5) is 5.69 Å². The van der Waals surface area contributed by atoms with Gasteiger partial charge in [0.15, 0.2) is 5.17 Å². The van der Waals surface area contributed by atoms with Crippen LogP contribution in [0.15, 0.2) is 23.2 Å². The van der Waals surface area contributed by atoms with E-state index in [1.807, 2.05) is 30.0 Å². The molecule has 20 heavy (non-hydrogen) atoms. The van der Waals surface area contributed by atoms with E-state index in [9.17, 15) is 0 Å². The Kier molecular flexibility index (Phi) is 4.21. The lowest BCUT2D eigenvalue weighted by atomic mass is 9.79. The van der Waals surface area contributed by atoms with Gasteiger partial charge in [0.1, 0.15) is 0 Å². The normalized spacial score (nSPS) is 29.6. The number of hydrogen-bond acceptors (Lipinski definition) is 3. The van der Waals surface area contributed by atoms with Crippen molar-refractivity contribution in [3.05, 3.63) is 28.2 Å². The molecule has 1 aliphatic heterocycles. The molecule has 108 valence electrons. The lowest BCUT2D eigenvalue weighted by Crippen LogP contribution is -2.32. The van der Waals surface area contributed by atoms with Gasteiger partial charge in [-0.1, -0.05) is 41.9 Å². The molecule has 0 aromatic heterocycles. The van der Waals surface area contributed by atoms with Crippen LogP contribution in [0.2, 0.25) is 10.0 Å². The van der Waals surface area contributed by atoms with E-state index in [0.717, 1.165) is 22.5 Å². The molecule has 0 unspecified atom stereocenters. The highest BCUT2D eigenvalue weighted by molar-refractivity contribution is 8.14. The fourth-order valence-electron chi connectivity index (χ4n) is 2.80. The molecule has 1 aliphatic carbocycles. The fourth-order valence-corrected chi connectivity index (χ4v) is 4.30. The van der Waals surface area contributed by atoms with Gasteiger partial charge in [0.25, 0.3) is 0 Å². The third kappa shape index (κ3) is 3.10. The zero-order valence-corrected chi connectivity index (χ0v) is 13.8. The van der Waals surface area contributed by atoms with Gasteiger partial charge in [0.2, 0.25) is 0 Å². The van der Waals surface area contributed by atoms with Crippen LogP contribution >= 0.6 is 35.0 Å². The van der Waals surface area contributed by atoms with Gasteiger partial charge in [-0.3, -0.25) is 4.99 Å². The Morgan fingerprint density at radius 2 is 2.00 bits per heavy atom. The average Bonchev–Trinajstić information content (AvgIpc) is 2.81. The summed E-state index contributed by atoms with van der Waals surface area (Å²) in [6.07, 6.45) is 5.02. The lowest BCUT2D eigenvalue weighted by Gasteiger charge is -2.32. The number of benzene rings is 1. The molecule has 0 saturated heterocycles. The van der Waals surface area contributed by atoms with Gasteiger partial charge in [-0.25, -0.2) is 0 Å². The Hall–Kier alpha value is -0.380.